The molecule has 0 amide bonds. The molecule has 0 radical (unpaired) electrons. The zero-order chi connectivity index (χ0) is 20.1. The van der Waals surface area contributed by atoms with E-state index in [0.717, 1.165) is 50.0 Å². The molecular weight excluding hydrogens is 391 g/mol. The van der Waals surface area contributed by atoms with Crippen molar-refractivity contribution in [1.29, 1.82) is 0 Å². The van der Waals surface area contributed by atoms with Crippen LogP contribution in [0.4, 0.5) is 9.52 Å². The summed E-state index contributed by atoms with van der Waals surface area (Å²) >= 11 is 1.66. The van der Waals surface area contributed by atoms with E-state index in [2.05, 4.69) is 19.7 Å². The van der Waals surface area contributed by atoms with Gasteiger partial charge in [0.2, 0.25) is 0 Å². The third-order valence-electron chi connectivity index (χ3n) is 5.44. The number of aromatic nitrogens is 1. The van der Waals surface area contributed by atoms with Gasteiger partial charge in [0, 0.05) is 50.8 Å². The number of hydrogen-bond donors (Lipinski definition) is 1. The zero-order valence-corrected chi connectivity index (χ0v) is 17.2. The summed E-state index contributed by atoms with van der Waals surface area (Å²) in [5, 5.41) is 3.05. The number of rotatable bonds is 5. The summed E-state index contributed by atoms with van der Waals surface area (Å²) in [6, 6.07) is 6.77. The van der Waals surface area contributed by atoms with E-state index >= 15 is 0 Å². The molecule has 1 aromatic heterocycles. The molecule has 1 unspecified atom stereocenters. The number of hydrogen-bond acceptors (Lipinski definition) is 6. The SMILES string of the molecule is NC(=NCC(c1cccc(F)c1)N1CCOCC1)N1CCN(c2nccs2)CC1. The number of morpholine rings is 1. The Morgan fingerprint density at radius 3 is 2.69 bits per heavy atom. The van der Waals surface area contributed by atoms with Crippen molar-refractivity contribution in [3.8, 4) is 0 Å². The van der Waals surface area contributed by atoms with Gasteiger partial charge in [-0.3, -0.25) is 9.89 Å². The summed E-state index contributed by atoms with van der Waals surface area (Å²) in [5.41, 5.74) is 7.25. The number of nitrogens with zero attached hydrogens (tertiary/aromatic N) is 5. The van der Waals surface area contributed by atoms with Gasteiger partial charge >= 0.3 is 0 Å². The Morgan fingerprint density at radius 2 is 2.00 bits per heavy atom. The standard InChI is InChI=1S/C20H27FN6OS/c21-17-3-1-2-16(14-17)18(25-9-11-28-12-10-25)15-24-19(22)26-5-7-27(8-6-26)20-23-4-13-29-20/h1-4,13-14,18H,5-12,15H2,(H2,22,24). The lowest BCUT2D eigenvalue weighted by molar-refractivity contribution is 0.0179. The molecule has 2 aromatic rings. The maximum Gasteiger partial charge on any atom is 0.191 e. The van der Waals surface area contributed by atoms with Crippen LogP contribution in [-0.2, 0) is 4.74 Å². The van der Waals surface area contributed by atoms with E-state index < -0.39 is 0 Å². The lowest BCUT2D eigenvalue weighted by Gasteiger charge is -2.36. The molecule has 0 bridgehead atoms. The summed E-state index contributed by atoms with van der Waals surface area (Å²) in [7, 11) is 0. The molecular formula is C20H27FN6OS. The highest BCUT2D eigenvalue weighted by molar-refractivity contribution is 7.13. The van der Waals surface area contributed by atoms with E-state index in [1.54, 1.807) is 23.5 Å². The predicted octanol–water partition coefficient (Wildman–Crippen LogP) is 1.79. The zero-order valence-electron chi connectivity index (χ0n) is 16.4. The Morgan fingerprint density at radius 1 is 1.21 bits per heavy atom. The molecule has 0 spiro atoms. The summed E-state index contributed by atoms with van der Waals surface area (Å²) in [6.45, 7) is 6.87. The van der Waals surface area contributed by atoms with Crippen molar-refractivity contribution in [1.82, 2.24) is 14.8 Å². The minimum absolute atomic E-state index is 0.00948. The van der Waals surface area contributed by atoms with Crippen molar-refractivity contribution in [2.45, 2.75) is 6.04 Å². The smallest absolute Gasteiger partial charge is 0.191 e. The summed E-state index contributed by atoms with van der Waals surface area (Å²) in [6.07, 6.45) is 1.83. The molecule has 156 valence electrons. The quantitative estimate of drug-likeness (QED) is 0.590. The topological polar surface area (TPSA) is 70.2 Å². The number of aliphatic imine (C=N–C) groups is 1. The molecule has 0 aliphatic carbocycles. The first-order chi connectivity index (χ1) is 14.2. The highest BCUT2D eigenvalue weighted by Gasteiger charge is 2.24. The number of benzene rings is 1. The van der Waals surface area contributed by atoms with Gasteiger partial charge in [-0.15, -0.1) is 11.3 Å². The second kappa shape index (κ2) is 9.51. The predicted molar refractivity (Wildman–Crippen MR) is 114 cm³/mol. The first kappa shape index (κ1) is 20.1. The van der Waals surface area contributed by atoms with Crippen molar-refractivity contribution < 1.29 is 9.13 Å². The van der Waals surface area contributed by atoms with Crippen molar-refractivity contribution >= 4 is 22.4 Å². The van der Waals surface area contributed by atoms with E-state index in [1.165, 1.54) is 6.07 Å². The Kier molecular flexibility index (Phi) is 6.58. The number of guanidine groups is 1. The van der Waals surface area contributed by atoms with Gasteiger partial charge in [-0.2, -0.15) is 0 Å². The lowest BCUT2D eigenvalue weighted by Crippen LogP contribution is -2.51. The fourth-order valence-corrected chi connectivity index (χ4v) is 4.51. The molecule has 2 fully saturated rings. The van der Waals surface area contributed by atoms with Crippen LogP contribution in [0.5, 0.6) is 0 Å². The average Bonchev–Trinajstić information content (AvgIpc) is 3.30. The molecule has 3 heterocycles. The van der Waals surface area contributed by atoms with Crippen LogP contribution in [0, 0.1) is 5.82 Å². The molecule has 1 aromatic carbocycles. The Bertz CT molecular complexity index is 803. The largest absolute Gasteiger partial charge is 0.379 e. The van der Waals surface area contributed by atoms with Crippen LogP contribution in [0.1, 0.15) is 11.6 Å². The van der Waals surface area contributed by atoms with Gasteiger partial charge in [-0.1, -0.05) is 12.1 Å². The van der Waals surface area contributed by atoms with Gasteiger partial charge in [0.15, 0.2) is 11.1 Å². The van der Waals surface area contributed by atoms with Crippen LogP contribution in [0.25, 0.3) is 0 Å². The van der Waals surface area contributed by atoms with Gasteiger partial charge in [0.1, 0.15) is 5.82 Å². The Balaban J connectivity index is 1.41. The molecule has 2 aliphatic heterocycles. The number of thiazole rings is 1. The number of ether oxygens (including phenoxy) is 1. The minimum atomic E-state index is -0.226. The normalized spacial score (nSPS) is 20.1. The van der Waals surface area contributed by atoms with Gasteiger partial charge in [-0.05, 0) is 17.7 Å². The minimum Gasteiger partial charge on any atom is -0.379 e. The van der Waals surface area contributed by atoms with Gasteiger partial charge in [0.25, 0.3) is 0 Å². The second-order valence-corrected chi connectivity index (χ2v) is 8.08. The van der Waals surface area contributed by atoms with E-state index in [1.807, 2.05) is 17.6 Å². The molecule has 2 N–H and O–H groups in total. The first-order valence-corrected chi connectivity index (χ1v) is 10.9. The summed E-state index contributed by atoms with van der Waals surface area (Å²) in [5.74, 6) is 0.328. The molecule has 2 aliphatic rings. The van der Waals surface area contributed by atoms with Gasteiger partial charge in [0.05, 0.1) is 25.8 Å². The maximum atomic E-state index is 13.8. The van der Waals surface area contributed by atoms with Crippen molar-refractivity contribution in [2.75, 3.05) is 63.9 Å². The van der Waals surface area contributed by atoms with E-state index in [4.69, 9.17) is 15.5 Å². The molecule has 0 saturated carbocycles. The molecule has 9 heteroatoms. The fraction of sp³-hybridized carbons (Fsp3) is 0.500. The second-order valence-electron chi connectivity index (χ2n) is 7.21. The highest BCUT2D eigenvalue weighted by atomic mass is 32.1. The molecule has 1 atom stereocenters. The van der Waals surface area contributed by atoms with E-state index in [9.17, 15) is 4.39 Å². The van der Waals surface area contributed by atoms with E-state index in [0.29, 0.717) is 25.7 Å². The molecule has 29 heavy (non-hydrogen) atoms. The van der Waals surface area contributed by atoms with Gasteiger partial charge < -0.3 is 20.3 Å². The fourth-order valence-electron chi connectivity index (χ4n) is 3.81. The third kappa shape index (κ3) is 5.04. The average molecular weight is 419 g/mol. The van der Waals surface area contributed by atoms with Crippen LogP contribution in [-0.4, -0.2) is 79.8 Å². The molecule has 7 nitrogen and oxygen atoms in total. The highest BCUT2D eigenvalue weighted by Crippen LogP contribution is 2.23. The van der Waals surface area contributed by atoms with Crippen LogP contribution in [0.2, 0.25) is 0 Å². The number of anilines is 1. The van der Waals surface area contributed by atoms with E-state index in [-0.39, 0.29) is 11.9 Å². The molecule has 2 saturated heterocycles. The van der Waals surface area contributed by atoms with Crippen LogP contribution in [0.15, 0.2) is 40.8 Å². The lowest BCUT2D eigenvalue weighted by atomic mass is 10.0. The monoisotopic (exact) mass is 418 g/mol. The van der Waals surface area contributed by atoms with Crippen molar-refractivity contribution in [3.05, 3.63) is 47.2 Å². The summed E-state index contributed by atoms with van der Waals surface area (Å²) in [4.78, 5) is 15.8. The summed E-state index contributed by atoms with van der Waals surface area (Å²) < 4.78 is 19.3. The van der Waals surface area contributed by atoms with Crippen molar-refractivity contribution in [3.63, 3.8) is 0 Å². The van der Waals surface area contributed by atoms with Crippen molar-refractivity contribution in [2.24, 2.45) is 10.7 Å². The maximum absolute atomic E-state index is 13.8. The number of piperazine rings is 1. The number of halogens is 1. The Labute approximate surface area is 174 Å². The number of nitrogens with two attached hydrogens (primary N) is 1. The van der Waals surface area contributed by atoms with Crippen LogP contribution in [0.3, 0.4) is 0 Å². The van der Waals surface area contributed by atoms with Gasteiger partial charge in [-0.25, -0.2) is 9.37 Å². The first-order valence-electron chi connectivity index (χ1n) is 9.97. The van der Waals surface area contributed by atoms with Crippen LogP contribution >= 0.6 is 11.3 Å². The third-order valence-corrected chi connectivity index (χ3v) is 6.27. The Hall–Kier alpha value is -2.23. The van der Waals surface area contributed by atoms with Crippen LogP contribution < -0.4 is 10.6 Å². The molecule has 4 rings (SSSR count).